The highest BCUT2D eigenvalue weighted by atomic mass is 16.5. The fraction of sp³-hybridized carbons (Fsp3) is 0.391. The molecule has 0 bridgehead atoms. The van der Waals surface area contributed by atoms with Gasteiger partial charge in [0.1, 0.15) is 23.6 Å². The number of likely N-dealkylation sites (tertiary alicyclic amines) is 1. The number of benzene rings is 2. The first-order valence-corrected chi connectivity index (χ1v) is 10.3. The predicted octanol–water partition coefficient (Wildman–Crippen LogP) is 1.97. The Morgan fingerprint density at radius 1 is 0.933 bits per heavy atom. The highest BCUT2D eigenvalue weighted by Gasteiger charge is 2.42. The SMILES string of the molecule is O=C([C@H]1C[C@H](Oc2ccccc2)CN1C(=O)COc1ccccc1)N1CCOCC1. The summed E-state index contributed by atoms with van der Waals surface area (Å²) in [6, 6.07) is 18.1. The molecule has 0 radical (unpaired) electrons. The van der Waals surface area contributed by atoms with E-state index in [4.69, 9.17) is 14.2 Å². The Hall–Kier alpha value is -3.06. The van der Waals surface area contributed by atoms with Gasteiger partial charge in [-0.15, -0.1) is 0 Å². The maximum Gasteiger partial charge on any atom is 0.261 e. The summed E-state index contributed by atoms with van der Waals surface area (Å²) in [5, 5.41) is 0. The Bertz CT molecular complexity index is 839. The molecule has 0 unspecified atom stereocenters. The molecule has 0 aromatic heterocycles. The van der Waals surface area contributed by atoms with Gasteiger partial charge in [-0.05, 0) is 24.3 Å². The van der Waals surface area contributed by atoms with Gasteiger partial charge in [0.25, 0.3) is 5.91 Å². The van der Waals surface area contributed by atoms with Crippen LogP contribution in [-0.2, 0) is 14.3 Å². The molecule has 2 amide bonds. The molecule has 30 heavy (non-hydrogen) atoms. The molecule has 2 aromatic rings. The lowest BCUT2D eigenvalue weighted by Gasteiger charge is -2.32. The van der Waals surface area contributed by atoms with Gasteiger partial charge < -0.3 is 24.0 Å². The van der Waals surface area contributed by atoms with Crippen LogP contribution in [0.4, 0.5) is 0 Å². The highest BCUT2D eigenvalue weighted by Crippen LogP contribution is 2.25. The Labute approximate surface area is 176 Å². The number of nitrogens with zero attached hydrogens (tertiary/aromatic N) is 2. The molecule has 2 heterocycles. The maximum atomic E-state index is 13.2. The van der Waals surface area contributed by atoms with Crippen molar-refractivity contribution in [3.63, 3.8) is 0 Å². The zero-order valence-corrected chi connectivity index (χ0v) is 16.8. The summed E-state index contributed by atoms with van der Waals surface area (Å²) >= 11 is 0. The second kappa shape index (κ2) is 9.63. The number of morpholine rings is 1. The van der Waals surface area contributed by atoms with Crippen LogP contribution in [0.3, 0.4) is 0 Å². The van der Waals surface area contributed by atoms with Gasteiger partial charge >= 0.3 is 0 Å². The second-order valence-corrected chi connectivity index (χ2v) is 7.39. The lowest BCUT2D eigenvalue weighted by molar-refractivity contribution is -0.147. The summed E-state index contributed by atoms with van der Waals surface area (Å²) in [5.74, 6) is 1.09. The van der Waals surface area contributed by atoms with Crippen molar-refractivity contribution < 1.29 is 23.8 Å². The first-order chi connectivity index (χ1) is 14.7. The van der Waals surface area contributed by atoms with Crippen LogP contribution in [0.15, 0.2) is 60.7 Å². The van der Waals surface area contributed by atoms with E-state index >= 15 is 0 Å². The Balaban J connectivity index is 1.45. The molecule has 7 heteroatoms. The molecule has 0 spiro atoms. The Morgan fingerprint density at radius 2 is 1.57 bits per heavy atom. The fourth-order valence-corrected chi connectivity index (χ4v) is 3.82. The largest absolute Gasteiger partial charge is 0.488 e. The molecular weight excluding hydrogens is 384 g/mol. The quantitative estimate of drug-likeness (QED) is 0.729. The summed E-state index contributed by atoms with van der Waals surface area (Å²) in [7, 11) is 0. The minimum atomic E-state index is -0.552. The number of ether oxygens (including phenoxy) is 3. The molecule has 0 N–H and O–H groups in total. The van der Waals surface area contributed by atoms with Crippen molar-refractivity contribution in [2.24, 2.45) is 0 Å². The van der Waals surface area contributed by atoms with Gasteiger partial charge in [-0.1, -0.05) is 36.4 Å². The minimum absolute atomic E-state index is 0.0504. The standard InChI is InChI=1S/C23H26N2O5/c26-22(17-29-18-7-3-1-4-8-18)25-16-20(30-19-9-5-2-6-10-19)15-21(25)23(27)24-11-13-28-14-12-24/h1-10,20-21H,11-17H2/t20-,21+/m0/s1. The van der Waals surface area contributed by atoms with E-state index in [1.165, 1.54) is 0 Å². The summed E-state index contributed by atoms with van der Waals surface area (Å²) in [4.78, 5) is 29.5. The van der Waals surface area contributed by atoms with E-state index in [0.717, 1.165) is 5.75 Å². The van der Waals surface area contributed by atoms with Crippen molar-refractivity contribution in [3.05, 3.63) is 60.7 Å². The average molecular weight is 410 g/mol. The van der Waals surface area contributed by atoms with Gasteiger partial charge in [-0.3, -0.25) is 9.59 Å². The third-order valence-corrected chi connectivity index (χ3v) is 5.34. The van der Waals surface area contributed by atoms with Crippen LogP contribution >= 0.6 is 0 Å². The highest BCUT2D eigenvalue weighted by molar-refractivity contribution is 5.89. The molecule has 2 saturated heterocycles. The Morgan fingerprint density at radius 3 is 2.23 bits per heavy atom. The van der Waals surface area contributed by atoms with E-state index < -0.39 is 6.04 Å². The van der Waals surface area contributed by atoms with Crippen LogP contribution in [0.2, 0.25) is 0 Å². The predicted molar refractivity (Wildman–Crippen MR) is 110 cm³/mol. The van der Waals surface area contributed by atoms with Crippen LogP contribution < -0.4 is 9.47 Å². The molecule has 7 nitrogen and oxygen atoms in total. The number of hydrogen-bond acceptors (Lipinski definition) is 5. The lowest BCUT2D eigenvalue weighted by atomic mass is 10.1. The van der Waals surface area contributed by atoms with E-state index in [1.807, 2.05) is 48.5 Å². The van der Waals surface area contributed by atoms with E-state index in [1.54, 1.807) is 21.9 Å². The first-order valence-electron chi connectivity index (χ1n) is 10.3. The zero-order chi connectivity index (χ0) is 20.8. The van der Waals surface area contributed by atoms with E-state index in [0.29, 0.717) is 45.0 Å². The fourth-order valence-electron chi connectivity index (χ4n) is 3.82. The molecular formula is C23H26N2O5. The van der Waals surface area contributed by atoms with Crippen molar-refractivity contribution >= 4 is 11.8 Å². The molecule has 0 saturated carbocycles. The molecule has 4 rings (SSSR count). The van der Waals surface area contributed by atoms with Gasteiger partial charge in [0.2, 0.25) is 5.91 Å². The van der Waals surface area contributed by atoms with Crippen molar-refractivity contribution in [1.82, 2.24) is 9.80 Å². The minimum Gasteiger partial charge on any atom is -0.488 e. The van der Waals surface area contributed by atoms with Crippen LogP contribution in [0, 0.1) is 0 Å². The summed E-state index contributed by atoms with van der Waals surface area (Å²) in [6.45, 7) is 2.37. The molecule has 2 aliphatic rings. The molecule has 2 aliphatic heterocycles. The average Bonchev–Trinajstić information content (AvgIpc) is 3.22. The lowest BCUT2D eigenvalue weighted by Crippen LogP contribution is -2.51. The second-order valence-electron chi connectivity index (χ2n) is 7.39. The number of carbonyl (C=O) groups excluding carboxylic acids is 2. The van der Waals surface area contributed by atoms with Crippen LogP contribution in [0.5, 0.6) is 11.5 Å². The van der Waals surface area contributed by atoms with Gasteiger partial charge in [0, 0.05) is 19.5 Å². The van der Waals surface area contributed by atoms with E-state index in [2.05, 4.69) is 0 Å². The maximum absolute atomic E-state index is 13.2. The smallest absolute Gasteiger partial charge is 0.261 e. The van der Waals surface area contributed by atoms with Crippen LogP contribution in [0.1, 0.15) is 6.42 Å². The molecule has 2 aromatic carbocycles. The van der Waals surface area contributed by atoms with Gasteiger partial charge in [-0.2, -0.15) is 0 Å². The van der Waals surface area contributed by atoms with Crippen LogP contribution in [0.25, 0.3) is 0 Å². The van der Waals surface area contributed by atoms with E-state index in [9.17, 15) is 9.59 Å². The first kappa shape index (κ1) is 20.2. The number of rotatable bonds is 6. The van der Waals surface area contributed by atoms with Gasteiger partial charge in [0.05, 0.1) is 19.8 Å². The van der Waals surface area contributed by atoms with Crippen molar-refractivity contribution in [2.45, 2.75) is 18.6 Å². The third kappa shape index (κ3) is 4.91. The number of para-hydroxylation sites is 2. The normalized spacial score (nSPS) is 21.3. The van der Waals surface area contributed by atoms with Crippen LogP contribution in [-0.4, -0.2) is 73.2 Å². The monoisotopic (exact) mass is 410 g/mol. The van der Waals surface area contributed by atoms with Crippen molar-refractivity contribution in [3.8, 4) is 11.5 Å². The summed E-state index contributed by atoms with van der Waals surface area (Å²) < 4.78 is 17.0. The van der Waals surface area contributed by atoms with Gasteiger partial charge in [0.15, 0.2) is 6.61 Å². The number of hydrogen-bond donors (Lipinski definition) is 0. The number of amides is 2. The molecule has 158 valence electrons. The Kier molecular flexibility index (Phi) is 6.49. The molecule has 0 aliphatic carbocycles. The van der Waals surface area contributed by atoms with E-state index in [-0.39, 0.29) is 24.5 Å². The zero-order valence-electron chi connectivity index (χ0n) is 16.8. The topological polar surface area (TPSA) is 68.3 Å². The summed E-state index contributed by atoms with van der Waals surface area (Å²) in [6.07, 6.45) is 0.213. The molecule has 2 atom stereocenters. The number of carbonyl (C=O) groups is 2. The summed E-state index contributed by atoms with van der Waals surface area (Å²) in [5.41, 5.74) is 0. The third-order valence-electron chi connectivity index (χ3n) is 5.34. The van der Waals surface area contributed by atoms with Gasteiger partial charge in [-0.25, -0.2) is 0 Å². The van der Waals surface area contributed by atoms with Crippen molar-refractivity contribution in [2.75, 3.05) is 39.5 Å². The molecule has 2 fully saturated rings. The van der Waals surface area contributed by atoms with Crippen molar-refractivity contribution in [1.29, 1.82) is 0 Å².